The van der Waals surface area contributed by atoms with Crippen molar-refractivity contribution in [2.75, 3.05) is 10.2 Å². The van der Waals surface area contributed by atoms with Gasteiger partial charge in [0.15, 0.2) is 0 Å². The zero-order valence-electron chi connectivity index (χ0n) is 16.9. The van der Waals surface area contributed by atoms with Crippen molar-refractivity contribution in [1.82, 2.24) is 0 Å². The molecule has 2 aliphatic carbocycles. The topological polar surface area (TPSA) is 114 Å². The van der Waals surface area contributed by atoms with Crippen molar-refractivity contribution in [3.05, 3.63) is 34.9 Å². The second kappa shape index (κ2) is 8.49. The molecule has 0 radical (unpaired) electrons. The van der Waals surface area contributed by atoms with E-state index in [1.54, 1.807) is 17.0 Å². The van der Waals surface area contributed by atoms with E-state index >= 15 is 0 Å². The lowest BCUT2D eigenvalue weighted by molar-refractivity contribution is -0.136. The van der Waals surface area contributed by atoms with Crippen molar-refractivity contribution >= 4 is 23.3 Å². The van der Waals surface area contributed by atoms with Crippen molar-refractivity contribution in [3.63, 3.8) is 0 Å². The van der Waals surface area contributed by atoms with E-state index in [0.717, 1.165) is 56.9 Å². The average Bonchev–Trinajstić information content (AvgIpc) is 3.01. The second-order valence-electron chi connectivity index (χ2n) is 8.50. The highest BCUT2D eigenvalue weighted by atomic mass is 16.4. The molecule has 0 saturated heterocycles. The highest BCUT2D eigenvalue weighted by molar-refractivity contribution is 6.12. The van der Waals surface area contributed by atoms with Gasteiger partial charge in [0.2, 0.25) is 0 Å². The van der Waals surface area contributed by atoms with Crippen molar-refractivity contribution in [1.29, 1.82) is 5.26 Å². The molecule has 1 atom stereocenters. The number of carboxylic acid groups (broad SMARTS) is 1. The summed E-state index contributed by atoms with van der Waals surface area (Å²) in [5, 5.41) is 32.0. The summed E-state index contributed by atoms with van der Waals surface area (Å²) in [4.78, 5) is 26.2. The summed E-state index contributed by atoms with van der Waals surface area (Å²) in [7, 11) is 0. The number of carbonyl (C=O) groups excluding carboxylic acids is 1. The second-order valence-corrected chi connectivity index (χ2v) is 8.50. The van der Waals surface area contributed by atoms with Crippen molar-refractivity contribution in [2.24, 2.45) is 0 Å². The smallest absolute Gasteiger partial charge is 0.308 e. The molecular formula is C23H27N3O4. The van der Waals surface area contributed by atoms with Crippen LogP contribution in [0.5, 0.6) is 0 Å². The van der Waals surface area contributed by atoms with Gasteiger partial charge in [0.05, 0.1) is 29.8 Å². The molecule has 1 aromatic carbocycles. The maximum absolute atomic E-state index is 13.2. The van der Waals surface area contributed by atoms with E-state index in [4.69, 9.17) is 0 Å². The fourth-order valence-corrected chi connectivity index (χ4v) is 5.03. The third-order valence-electron chi connectivity index (χ3n) is 6.54. The SMILES string of the molecule is N#Cc1ccc(N2C(=O)C(CC(=O)O)=C3CCCCC32)cc1N[C@H]1CC[C@H](O)CC1. The number of nitrogens with zero attached hydrogens (tertiary/aromatic N) is 2. The molecule has 0 bridgehead atoms. The first kappa shape index (κ1) is 20.4. The van der Waals surface area contributed by atoms with Gasteiger partial charge < -0.3 is 20.4 Å². The quantitative estimate of drug-likeness (QED) is 0.687. The third kappa shape index (κ3) is 3.92. The number of anilines is 2. The van der Waals surface area contributed by atoms with E-state index in [9.17, 15) is 25.1 Å². The number of aliphatic hydroxyl groups is 1. The lowest BCUT2D eigenvalue weighted by Gasteiger charge is -2.31. The number of carbonyl (C=O) groups is 2. The molecule has 4 rings (SSSR count). The fraction of sp³-hybridized carbons (Fsp3) is 0.522. The van der Waals surface area contributed by atoms with Crippen LogP contribution in [0.15, 0.2) is 29.3 Å². The predicted molar refractivity (Wildman–Crippen MR) is 112 cm³/mol. The first-order valence-electron chi connectivity index (χ1n) is 10.7. The first-order chi connectivity index (χ1) is 14.5. The van der Waals surface area contributed by atoms with Gasteiger partial charge in [-0.1, -0.05) is 6.42 Å². The number of benzene rings is 1. The summed E-state index contributed by atoms with van der Waals surface area (Å²) < 4.78 is 0. The van der Waals surface area contributed by atoms with Crippen LogP contribution >= 0.6 is 0 Å². The van der Waals surface area contributed by atoms with Gasteiger partial charge in [-0.05, 0) is 68.7 Å². The highest BCUT2D eigenvalue weighted by Crippen LogP contribution is 2.41. The fourth-order valence-electron chi connectivity index (χ4n) is 5.03. The van der Waals surface area contributed by atoms with Gasteiger partial charge in [0.1, 0.15) is 6.07 Å². The van der Waals surface area contributed by atoms with E-state index < -0.39 is 5.97 Å². The van der Waals surface area contributed by atoms with Crippen molar-refractivity contribution in [2.45, 2.75) is 76.0 Å². The maximum Gasteiger partial charge on any atom is 0.308 e. The summed E-state index contributed by atoms with van der Waals surface area (Å²) in [5.41, 5.74) is 3.29. The lowest BCUT2D eigenvalue weighted by Crippen LogP contribution is -2.37. The molecule has 30 heavy (non-hydrogen) atoms. The number of amides is 1. The largest absolute Gasteiger partial charge is 0.481 e. The van der Waals surface area contributed by atoms with Gasteiger partial charge in [-0.2, -0.15) is 5.26 Å². The van der Waals surface area contributed by atoms with Gasteiger partial charge in [-0.3, -0.25) is 9.59 Å². The molecule has 158 valence electrons. The zero-order chi connectivity index (χ0) is 21.3. The van der Waals surface area contributed by atoms with Crippen LogP contribution in [-0.4, -0.2) is 40.3 Å². The Kier molecular flexibility index (Phi) is 5.78. The number of hydrogen-bond donors (Lipinski definition) is 3. The van der Waals surface area contributed by atoms with E-state index in [-0.39, 0.29) is 30.5 Å². The monoisotopic (exact) mass is 409 g/mol. The highest BCUT2D eigenvalue weighted by Gasteiger charge is 2.41. The van der Waals surface area contributed by atoms with E-state index in [2.05, 4.69) is 11.4 Å². The molecule has 7 nitrogen and oxygen atoms in total. The van der Waals surface area contributed by atoms with Crippen LogP contribution in [-0.2, 0) is 9.59 Å². The summed E-state index contributed by atoms with van der Waals surface area (Å²) in [6.45, 7) is 0. The number of rotatable bonds is 5. The Balaban J connectivity index is 1.63. The molecule has 2 fully saturated rings. The van der Waals surface area contributed by atoms with E-state index in [1.165, 1.54) is 0 Å². The molecule has 2 saturated carbocycles. The summed E-state index contributed by atoms with van der Waals surface area (Å²) in [6, 6.07) is 7.64. The number of aliphatic carboxylic acids is 1. The van der Waals surface area contributed by atoms with Crippen LogP contribution in [0.4, 0.5) is 11.4 Å². The third-order valence-corrected chi connectivity index (χ3v) is 6.54. The Bertz CT molecular complexity index is 925. The molecule has 0 aromatic heterocycles. The van der Waals surface area contributed by atoms with Gasteiger partial charge in [-0.25, -0.2) is 0 Å². The van der Waals surface area contributed by atoms with Crippen LogP contribution in [0.1, 0.15) is 63.4 Å². The Labute approximate surface area is 176 Å². The van der Waals surface area contributed by atoms with Crippen molar-refractivity contribution < 1.29 is 19.8 Å². The van der Waals surface area contributed by atoms with E-state index in [1.807, 2.05) is 6.07 Å². The number of carboxylic acids is 1. The lowest BCUT2D eigenvalue weighted by atomic mass is 9.88. The molecule has 0 spiro atoms. The van der Waals surface area contributed by atoms with Crippen LogP contribution in [0.25, 0.3) is 0 Å². The minimum absolute atomic E-state index is 0.0915. The molecule has 1 aliphatic heterocycles. The van der Waals surface area contributed by atoms with Gasteiger partial charge in [0, 0.05) is 17.3 Å². The number of nitriles is 1. The molecule has 3 N–H and O–H groups in total. The molecular weight excluding hydrogens is 382 g/mol. The molecule has 1 amide bonds. The van der Waals surface area contributed by atoms with Crippen molar-refractivity contribution in [3.8, 4) is 6.07 Å². The normalized spacial score (nSPS) is 26.3. The number of aliphatic hydroxyl groups excluding tert-OH is 1. The van der Waals surface area contributed by atoms with Crippen LogP contribution in [0.2, 0.25) is 0 Å². The molecule has 1 heterocycles. The molecule has 1 unspecified atom stereocenters. The Morgan fingerprint density at radius 2 is 1.97 bits per heavy atom. The number of hydrogen-bond acceptors (Lipinski definition) is 5. The van der Waals surface area contributed by atoms with Gasteiger partial charge in [0.25, 0.3) is 5.91 Å². The van der Waals surface area contributed by atoms with Crippen LogP contribution in [0.3, 0.4) is 0 Å². The predicted octanol–water partition coefficient (Wildman–Crippen LogP) is 3.33. The summed E-state index contributed by atoms with van der Waals surface area (Å²) >= 11 is 0. The molecule has 3 aliphatic rings. The number of fused-ring (bicyclic) bond motifs is 1. The molecule has 7 heteroatoms. The van der Waals surface area contributed by atoms with Gasteiger partial charge in [-0.15, -0.1) is 0 Å². The standard InChI is InChI=1S/C23H27N3O4/c24-13-14-5-8-16(11-20(14)25-15-6-9-17(27)10-7-15)26-21-4-2-1-3-18(21)19(23(26)30)12-22(28)29/h5,8,11,15,17,21,25,27H,1-4,6-7,9-10,12H2,(H,28,29)/t15-,17-,21?. The Morgan fingerprint density at radius 1 is 1.20 bits per heavy atom. The summed E-state index contributed by atoms with van der Waals surface area (Å²) in [6.07, 6.45) is 6.20. The molecule has 1 aromatic rings. The van der Waals surface area contributed by atoms with Crippen LogP contribution in [0, 0.1) is 11.3 Å². The zero-order valence-corrected chi connectivity index (χ0v) is 16.9. The van der Waals surface area contributed by atoms with Crippen LogP contribution < -0.4 is 10.2 Å². The minimum atomic E-state index is -0.987. The summed E-state index contributed by atoms with van der Waals surface area (Å²) in [5.74, 6) is -1.21. The maximum atomic E-state index is 13.2. The Morgan fingerprint density at radius 3 is 2.67 bits per heavy atom. The average molecular weight is 409 g/mol. The van der Waals surface area contributed by atoms with E-state index in [0.29, 0.717) is 22.5 Å². The van der Waals surface area contributed by atoms with Gasteiger partial charge >= 0.3 is 5.97 Å². The first-order valence-corrected chi connectivity index (χ1v) is 10.7. The minimum Gasteiger partial charge on any atom is -0.481 e. The number of nitrogens with one attached hydrogen (secondary N) is 1. The Hall–Kier alpha value is -2.85.